The van der Waals surface area contributed by atoms with Crippen LogP contribution in [0.15, 0.2) is 30.6 Å². The second kappa shape index (κ2) is 5.90. The highest BCUT2D eigenvalue weighted by Gasteiger charge is 2.10. The van der Waals surface area contributed by atoms with Crippen molar-refractivity contribution in [1.82, 2.24) is 9.78 Å². The molecule has 2 aromatic rings. The molecule has 8 heteroatoms. The van der Waals surface area contributed by atoms with Crippen LogP contribution in [0.5, 0.6) is 5.75 Å². The summed E-state index contributed by atoms with van der Waals surface area (Å²) in [5.74, 6) is -1.40. The van der Waals surface area contributed by atoms with Crippen molar-refractivity contribution in [2.45, 2.75) is 6.54 Å². The van der Waals surface area contributed by atoms with Crippen LogP contribution in [0.25, 0.3) is 0 Å². The second-order valence-corrected chi connectivity index (χ2v) is 5.10. The SMILES string of the molecule is O=C(O)Cn1cc(NC(=O)c2ccc(I)c(O)c2)cn1. The van der Waals surface area contributed by atoms with Gasteiger partial charge in [0.1, 0.15) is 12.3 Å². The minimum absolute atomic E-state index is 0.0276. The molecule has 3 N–H and O–H groups in total. The Labute approximate surface area is 127 Å². The first kappa shape index (κ1) is 14.3. The van der Waals surface area contributed by atoms with Crippen LogP contribution in [0.4, 0.5) is 5.69 Å². The number of nitrogens with zero attached hydrogens (tertiary/aromatic N) is 2. The molecule has 0 aliphatic heterocycles. The number of rotatable bonds is 4. The molecule has 0 aliphatic carbocycles. The number of hydrogen-bond donors (Lipinski definition) is 3. The maximum absolute atomic E-state index is 11.9. The van der Waals surface area contributed by atoms with E-state index in [1.165, 1.54) is 23.1 Å². The van der Waals surface area contributed by atoms with Crippen molar-refractivity contribution in [2.24, 2.45) is 0 Å². The number of carboxylic acid groups (broad SMARTS) is 1. The second-order valence-electron chi connectivity index (χ2n) is 3.94. The van der Waals surface area contributed by atoms with Crippen molar-refractivity contribution >= 4 is 40.2 Å². The van der Waals surface area contributed by atoms with E-state index in [0.717, 1.165) is 0 Å². The van der Waals surface area contributed by atoms with E-state index in [4.69, 9.17) is 5.11 Å². The van der Waals surface area contributed by atoms with E-state index in [1.54, 1.807) is 12.1 Å². The Morgan fingerprint density at radius 1 is 1.40 bits per heavy atom. The fraction of sp³-hybridized carbons (Fsp3) is 0.0833. The first-order valence-electron chi connectivity index (χ1n) is 5.50. The number of aromatic nitrogens is 2. The van der Waals surface area contributed by atoms with Crippen molar-refractivity contribution in [3.8, 4) is 5.75 Å². The molecule has 1 amide bonds. The highest BCUT2D eigenvalue weighted by molar-refractivity contribution is 14.1. The molecule has 0 fully saturated rings. The van der Waals surface area contributed by atoms with Crippen LogP contribution in [0.2, 0.25) is 0 Å². The highest BCUT2D eigenvalue weighted by Crippen LogP contribution is 2.21. The van der Waals surface area contributed by atoms with Crippen LogP contribution in [0, 0.1) is 3.57 Å². The molecule has 104 valence electrons. The molecule has 0 saturated heterocycles. The summed E-state index contributed by atoms with van der Waals surface area (Å²) in [6.07, 6.45) is 2.77. The van der Waals surface area contributed by atoms with Crippen molar-refractivity contribution < 1.29 is 19.8 Å². The van der Waals surface area contributed by atoms with Gasteiger partial charge in [-0.1, -0.05) is 0 Å². The third-order valence-electron chi connectivity index (χ3n) is 2.40. The lowest BCUT2D eigenvalue weighted by molar-refractivity contribution is -0.137. The topological polar surface area (TPSA) is 104 Å². The van der Waals surface area contributed by atoms with E-state index in [2.05, 4.69) is 10.4 Å². The van der Waals surface area contributed by atoms with E-state index >= 15 is 0 Å². The lowest BCUT2D eigenvalue weighted by Gasteiger charge is -2.04. The first-order valence-corrected chi connectivity index (χ1v) is 6.57. The van der Waals surface area contributed by atoms with Crippen LogP contribution in [0.1, 0.15) is 10.4 Å². The zero-order valence-electron chi connectivity index (χ0n) is 10.1. The zero-order valence-corrected chi connectivity index (χ0v) is 12.2. The summed E-state index contributed by atoms with van der Waals surface area (Å²) in [5, 5.41) is 24.5. The predicted molar refractivity (Wildman–Crippen MR) is 78.6 cm³/mol. The number of carboxylic acids is 1. The molecular weight excluding hydrogens is 377 g/mol. The van der Waals surface area contributed by atoms with Gasteiger partial charge in [0.25, 0.3) is 5.91 Å². The van der Waals surface area contributed by atoms with E-state index in [-0.39, 0.29) is 12.3 Å². The minimum Gasteiger partial charge on any atom is -0.507 e. The van der Waals surface area contributed by atoms with Gasteiger partial charge >= 0.3 is 5.97 Å². The van der Waals surface area contributed by atoms with Gasteiger partial charge in [-0.3, -0.25) is 14.3 Å². The fourth-order valence-electron chi connectivity index (χ4n) is 1.51. The number of nitrogens with one attached hydrogen (secondary N) is 1. The molecule has 1 aromatic carbocycles. The number of carbonyl (C=O) groups is 2. The average molecular weight is 387 g/mol. The molecule has 0 atom stereocenters. The van der Waals surface area contributed by atoms with Gasteiger partial charge in [0.05, 0.1) is 15.5 Å². The van der Waals surface area contributed by atoms with Gasteiger partial charge in [0.2, 0.25) is 0 Å². The van der Waals surface area contributed by atoms with Gasteiger partial charge in [-0.2, -0.15) is 5.10 Å². The van der Waals surface area contributed by atoms with Gasteiger partial charge in [-0.25, -0.2) is 0 Å². The zero-order chi connectivity index (χ0) is 14.7. The Balaban J connectivity index is 2.09. The summed E-state index contributed by atoms with van der Waals surface area (Å²) in [6.45, 7) is -0.278. The molecule has 0 saturated carbocycles. The molecule has 0 unspecified atom stereocenters. The minimum atomic E-state index is -1.02. The van der Waals surface area contributed by atoms with Gasteiger partial charge in [-0.05, 0) is 40.8 Å². The Bertz CT molecular complexity index is 668. The van der Waals surface area contributed by atoms with Gasteiger partial charge in [0.15, 0.2) is 0 Å². The molecule has 7 nitrogen and oxygen atoms in total. The van der Waals surface area contributed by atoms with Crippen LogP contribution < -0.4 is 5.32 Å². The fourth-order valence-corrected chi connectivity index (χ4v) is 1.85. The Morgan fingerprint density at radius 3 is 2.80 bits per heavy atom. The molecule has 1 aromatic heterocycles. The van der Waals surface area contributed by atoms with Crippen LogP contribution in [0.3, 0.4) is 0 Å². The van der Waals surface area contributed by atoms with Crippen LogP contribution in [-0.2, 0) is 11.3 Å². The smallest absolute Gasteiger partial charge is 0.325 e. The molecule has 0 spiro atoms. The molecule has 0 aliphatic rings. The number of aromatic hydroxyl groups is 1. The van der Waals surface area contributed by atoms with E-state index in [1.807, 2.05) is 22.6 Å². The Morgan fingerprint density at radius 2 is 2.15 bits per heavy atom. The van der Waals surface area contributed by atoms with Crippen molar-refractivity contribution in [2.75, 3.05) is 5.32 Å². The largest absolute Gasteiger partial charge is 0.507 e. The lowest BCUT2D eigenvalue weighted by Crippen LogP contribution is -2.12. The van der Waals surface area contributed by atoms with Gasteiger partial charge < -0.3 is 15.5 Å². The van der Waals surface area contributed by atoms with E-state index in [9.17, 15) is 14.7 Å². The van der Waals surface area contributed by atoms with Crippen molar-refractivity contribution in [1.29, 1.82) is 0 Å². The maximum atomic E-state index is 11.9. The quantitative estimate of drug-likeness (QED) is 0.691. The summed E-state index contributed by atoms with van der Waals surface area (Å²) in [4.78, 5) is 22.4. The van der Waals surface area contributed by atoms with Crippen molar-refractivity contribution in [3.05, 3.63) is 39.7 Å². The summed E-state index contributed by atoms with van der Waals surface area (Å²) in [5.41, 5.74) is 0.684. The number of anilines is 1. The molecule has 2 rings (SSSR count). The number of phenolic OH excluding ortho intramolecular Hbond substituents is 1. The monoisotopic (exact) mass is 387 g/mol. The summed E-state index contributed by atoms with van der Waals surface area (Å²) in [7, 11) is 0. The summed E-state index contributed by atoms with van der Waals surface area (Å²) in [6, 6.07) is 4.57. The molecule has 20 heavy (non-hydrogen) atoms. The first-order chi connectivity index (χ1) is 9.45. The number of amides is 1. The summed E-state index contributed by atoms with van der Waals surface area (Å²) >= 11 is 1.95. The average Bonchev–Trinajstić information content (AvgIpc) is 2.79. The van der Waals surface area contributed by atoms with Crippen LogP contribution >= 0.6 is 22.6 Å². The number of hydrogen-bond acceptors (Lipinski definition) is 4. The number of phenols is 1. The van der Waals surface area contributed by atoms with E-state index < -0.39 is 11.9 Å². The maximum Gasteiger partial charge on any atom is 0.325 e. The molecular formula is C12H10IN3O4. The predicted octanol–water partition coefficient (Wildman–Crippen LogP) is 1.53. The third kappa shape index (κ3) is 3.47. The number of carbonyl (C=O) groups excluding carboxylic acids is 1. The number of aliphatic carboxylic acids is 1. The van der Waals surface area contributed by atoms with Gasteiger partial charge in [0, 0.05) is 11.8 Å². The Hall–Kier alpha value is -2.10. The standard InChI is InChI=1S/C12H10IN3O4/c13-9-2-1-7(3-10(9)17)12(20)15-8-4-14-16(5-8)6-11(18)19/h1-5,17H,6H2,(H,15,20)(H,18,19). The van der Waals surface area contributed by atoms with Gasteiger partial charge in [-0.15, -0.1) is 0 Å². The number of benzene rings is 1. The summed E-state index contributed by atoms with van der Waals surface area (Å²) < 4.78 is 1.84. The van der Waals surface area contributed by atoms with Crippen LogP contribution in [-0.4, -0.2) is 31.9 Å². The molecule has 1 heterocycles. The molecule has 0 radical (unpaired) electrons. The normalized spacial score (nSPS) is 10.2. The molecule has 0 bridgehead atoms. The highest BCUT2D eigenvalue weighted by atomic mass is 127. The van der Waals surface area contributed by atoms with Crippen molar-refractivity contribution in [3.63, 3.8) is 0 Å². The third-order valence-corrected chi connectivity index (χ3v) is 3.31. The van der Waals surface area contributed by atoms with E-state index in [0.29, 0.717) is 14.8 Å². The number of halogens is 1. The lowest BCUT2D eigenvalue weighted by atomic mass is 10.2. The Kier molecular flexibility index (Phi) is 4.23.